The van der Waals surface area contributed by atoms with Crippen LogP contribution in [0.1, 0.15) is 17.2 Å². The van der Waals surface area contributed by atoms with Crippen molar-refractivity contribution < 1.29 is 0 Å². The summed E-state index contributed by atoms with van der Waals surface area (Å²) in [4.78, 5) is 4.07. The Bertz CT molecular complexity index is 515. The van der Waals surface area contributed by atoms with Crippen LogP contribution >= 0.6 is 15.9 Å². The molecule has 0 aliphatic carbocycles. The van der Waals surface area contributed by atoms with E-state index in [2.05, 4.69) is 26.3 Å². The molecule has 5 N–H and O–H groups in total. The number of hydrogen-bond donors (Lipinski definition) is 3. The minimum Gasteiger partial charge on any atom is -0.383 e. The summed E-state index contributed by atoms with van der Waals surface area (Å²) in [6.07, 6.45) is 1.66. The van der Waals surface area contributed by atoms with Gasteiger partial charge in [-0.2, -0.15) is 0 Å². The maximum Gasteiger partial charge on any atom is 0.128 e. The zero-order valence-electron chi connectivity index (χ0n) is 9.10. The number of nitrogens with two attached hydrogens (primary N) is 2. The lowest BCUT2D eigenvalue weighted by Crippen LogP contribution is -2.29. The van der Waals surface area contributed by atoms with Crippen LogP contribution in [-0.2, 0) is 0 Å². The van der Waals surface area contributed by atoms with Crippen LogP contribution in [0.4, 0.5) is 5.82 Å². The first-order chi connectivity index (χ1) is 8.22. The van der Waals surface area contributed by atoms with E-state index < -0.39 is 0 Å². The molecule has 0 radical (unpaired) electrons. The number of anilines is 1. The minimum atomic E-state index is -0.166. The lowest BCUT2D eigenvalue weighted by Gasteiger charge is -2.18. The molecule has 0 aliphatic heterocycles. The standard InChI is InChI=1S/C12H13BrN4/c13-9-4-1-3-8(7-9)11(17-15)10-5-2-6-16-12(10)14/h1-7,11,17H,15H2,(H2,14,16). The van der Waals surface area contributed by atoms with Crippen molar-refractivity contribution in [2.45, 2.75) is 6.04 Å². The van der Waals surface area contributed by atoms with Gasteiger partial charge in [-0.3, -0.25) is 5.84 Å². The second-order valence-corrected chi connectivity index (χ2v) is 4.55. The van der Waals surface area contributed by atoms with E-state index >= 15 is 0 Å². The largest absolute Gasteiger partial charge is 0.383 e. The van der Waals surface area contributed by atoms with E-state index in [0.29, 0.717) is 5.82 Å². The minimum absolute atomic E-state index is 0.166. The van der Waals surface area contributed by atoms with E-state index in [-0.39, 0.29) is 6.04 Å². The predicted molar refractivity (Wildman–Crippen MR) is 72.0 cm³/mol. The zero-order valence-corrected chi connectivity index (χ0v) is 10.7. The summed E-state index contributed by atoms with van der Waals surface area (Å²) < 4.78 is 0.998. The highest BCUT2D eigenvalue weighted by Crippen LogP contribution is 2.26. The topological polar surface area (TPSA) is 77.0 Å². The third kappa shape index (κ3) is 2.63. The van der Waals surface area contributed by atoms with E-state index in [0.717, 1.165) is 15.6 Å². The fraction of sp³-hybridized carbons (Fsp3) is 0.0833. The average molecular weight is 293 g/mol. The molecule has 2 rings (SSSR count). The molecular weight excluding hydrogens is 280 g/mol. The molecule has 5 heteroatoms. The first-order valence-corrected chi connectivity index (χ1v) is 5.93. The van der Waals surface area contributed by atoms with Crippen molar-refractivity contribution in [1.29, 1.82) is 0 Å². The second kappa shape index (κ2) is 5.27. The lowest BCUT2D eigenvalue weighted by molar-refractivity contribution is 0.636. The van der Waals surface area contributed by atoms with Gasteiger partial charge in [-0.15, -0.1) is 0 Å². The molecule has 1 heterocycles. The van der Waals surface area contributed by atoms with Gasteiger partial charge in [0, 0.05) is 16.2 Å². The number of rotatable bonds is 3. The van der Waals surface area contributed by atoms with Gasteiger partial charge in [-0.05, 0) is 23.8 Å². The average Bonchev–Trinajstić information content (AvgIpc) is 2.33. The summed E-state index contributed by atoms with van der Waals surface area (Å²) in [5.41, 5.74) is 10.5. The van der Waals surface area contributed by atoms with Crippen LogP contribution in [0.15, 0.2) is 47.1 Å². The molecule has 4 nitrogen and oxygen atoms in total. The van der Waals surface area contributed by atoms with Crippen LogP contribution in [-0.4, -0.2) is 4.98 Å². The molecule has 0 fully saturated rings. The van der Waals surface area contributed by atoms with Gasteiger partial charge in [0.2, 0.25) is 0 Å². The fourth-order valence-electron chi connectivity index (χ4n) is 1.73. The quantitative estimate of drug-likeness (QED) is 0.597. The Kier molecular flexibility index (Phi) is 3.73. The molecule has 1 unspecified atom stereocenters. The van der Waals surface area contributed by atoms with Crippen LogP contribution in [0.5, 0.6) is 0 Å². The molecule has 0 amide bonds. The maximum atomic E-state index is 5.85. The Balaban J connectivity index is 2.44. The number of nitrogens with one attached hydrogen (secondary N) is 1. The smallest absolute Gasteiger partial charge is 0.128 e. The van der Waals surface area contributed by atoms with Crippen LogP contribution < -0.4 is 17.0 Å². The molecule has 0 saturated heterocycles. The number of benzene rings is 1. The van der Waals surface area contributed by atoms with Crippen molar-refractivity contribution in [3.63, 3.8) is 0 Å². The van der Waals surface area contributed by atoms with Crippen molar-refractivity contribution in [3.8, 4) is 0 Å². The summed E-state index contributed by atoms with van der Waals surface area (Å²) in [6, 6.07) is 11.5. The third-order valence-corrected chi connectivity index (χ3v) is 3.02. The van der Waals surface area contributed by atoms with E-state index in [1.165, 1.54) is 0 Å². The van der Waals surface area contributed by atoms with Gasteiger partial charge in [0.05, 0.1) is 6.04 Å². The molecule has 0 spiro atoms. The SMILES string of the molecule is NNC(c1cccc(Br)c1)c1cccnc1N. The molecule has 1 atom stereocenters. The van der Waals surface area contributed by atoms with Crippen LogP contribution in [0.2, 0.25) is 0 Å². The Labute approximate surface area is 108 Å². The van der Waals surface area contributed by atoms with Gasteiger partial charge in [-0.1, -0.05) is 34.1 Å². The molecule has 0 bridgehead atoms. The number of hydrazine groups is 1. The summed E-state index contributed by atoms with van der Waals surface area (Å²) in [5, 5.41) is 0. The number of aromatic nitrogens is 1. The first-order valence-electron chi connectivity index (χ1n) is 5.14. The fourth-order valence-corrected chi connectivity index (χ4v) is 2.14. The Morgan fingerprint density at radius 3 is 2.71 bits per heavy atom. The summed E-state index contributed by atoms with van der Waals surface area (Å²) >= 11 is 3.44. The van der Waals surface area contributed by atoms with E-state index in [4.69, 9.17) is 11.6 Å². The zero-order chi connectivity index (χ0) is 12.3. The number of nitrogens with zero attached hydrogens (tertiary/aromatic N) is 1. The van der Waals surface area contributed by atoms with E-state index in [1.807, 2.05) is 36.4 Å². The highest BCUT2D eigenvalue weighted by molar-refractivity contribution is 9.10. The van der Waals surface area contributed by atoms with Crippen molar-refractivity contribution in [3.05, 3.63) is 58.2 Å². The third-order valence-electron chi connectivity index (χ3n) is 2.53. The van der Waals surface area contributed by atoms with Gasteiger partial charge in [0.15, 0.2) is 0 Å². The van der Waals surface area contributed by atoms with E-state index in [1.54, 1.807) is 6.20 Å². The predicted octanol–water partition coefficient (Wildman–Crippen LogP) is 1.98. The molecular formula is C12H13BrN4. The number of hydrogen-bond acceptors (Lipinski definition) is 4. The summed E-state index contributed by atoms with van der Waals surface area (Å²) in [7, 11) is 0. The van der Waals surface area contributed by atoms with Crippen molar-refractivity contribution >= 4 is 21.7 Å². The van der Waals surface area contributed by atoms with Crippen molar-refractivity contribution in [2.75, 3.05) is 5.73 Å². The monoisotopic (exact) mass is 292 g/mol. The van der Waals surface area contributed by atoms with Crippen molar-refractivity contribution in [2.24, 2.45) is 5.84 Å². The molecule has 0 aliphatic rings. The molecule has 2 aromatic rings. The molecule has 1 aromatic carbocycles. The molecule has 1 aromatic heterocycles. The highest BCUT2D eigenvalue weighted by atomic mass is 79.9. The highest BCUT2D eigenvalue weighted by Gasteiger charge is 2.15. The van der Waals surface area contributed by atoms with Crippen LogP contribution in [0.25, 0.3) is 0 Å². The normalized spacial score (nSPS) is 12.4. The van der Waals surface area contributed by atoms with Crippen LogP contribution in [0, 0.1) is 0 Å². The molecule has 0 saturated carbocycles. The second-order valence-electron chi connectivity index (χ2n) is 3.63. The van der Waals surface area contributed by atoms with E-state index in [9.17, 15) is 0 Å². The molecule has 17 heavy (non-hydrogen) atoms. The van der Waals surface area contributed by atoms with Gasteiger partial charge in [0.25, 0.3) is 0 Å². The Hall–Kier alpha value is -1.43. The van der Waals surface area contributed by atoms with Gasteiger partial charge >= 0.3 is 0 Å². The number of halogens is 1. The van der Waals surface area contributed by atoms with Gasteiger partial charge in [0.1, 0.15) is 5.82 Å². The summed E-state index contributed by atoms with van der Waals surface area (Å²) in [6.45, 7) is 0. The van der Waals surface area contributed by atoms with Crippen LogP contribution in [0.3, 0.4) is 0 Å². The number of pyridine rings is 1. The molecule has 88 valence electrons. The first kappa shape index (κ1) is 12.0. The Morgan fingerprint density at radius 1 is 1.24 bits per heavy atom. The van der Waals surface area contributed by atoms with Gasteiger partial charge in [-0.25, -0.2) is 10.4 Å². The maximum absolute atomic E-state index is 5.85. The number of nitrogen functional groups attached to an aromatic ring is 1. The summed E-state index contributed by atoms with van der Waals surface area (Å²) in [5.74, 6) is 6.09. The van der Waals surface area contributed by atoms with Crippen molar-refractivity contribution in [1.82, 2.24) is 10.4 Å². The lowest BCUT2D eigenvalue weighted by atomic mass is 10.00. The Morgan fingerprint density at radius 2 is 2.06 bits per heavy atom. The van der Waals surface area contributed by atoms with Gasteiger partial charge < -0.3 is 5.73 Å².